The lowest BCUT2D eigenvalue weighted by molar-refractivity contribution is 0.457. The predicted molar refractivity (Wildman–Crippen MR) is 101 cm³/mol. The minimum absolute atomic E-state index is 0.170. The lowest BCUT2D eigenvalue weighted by Crippen LogP contribution is -2.02. The highest BCUT2D eigenvalue weighted by atomic mass is 32.1. The van der Waals surface area contributed by atoms with Gasteiger partial charge in [0, 0.05) is 24.8 Å². The lowest BCUT2D eigenvalue weighted by atomic mass is 10.1. The quantitative estimate of drug-likeness (QED) is 0.506. The monoisotopic (exact) mass is 354 g/mol. The third-order valence-corrected chi connectivity index (χ3v) is 4.62. The first-order valence-corrected chi connectivity index (χ1v) is 8.90. The number of aromatic hydroxyl groups is 1. The number of hydrogen-bond donors (Lipinski definition) is 1. The Balaban J connectivity index is 1.46. The molecule has 0 fully saturated rings. The minimum Gasteiger partial charge on any atom is -0.505 e. The smallest absolute Gasteiger partial charge is 0.150 e. The maximum absolute atomic E-state index is 9.62. The van der Waals surface area contributed by atoms with Gasteiger partial charge >= 0.3 is 0 Å². The van der Waals surface area contributed by atoms with Gasteiger partial charge in [0.1, 0.15) is 16.1 Å². The fourth-order valence-electron chi connectivity index (χ4n) is 2.70. The van der Waals surface area contributed by atoms with Crippen LogP contribution in [-0.4, -0.2) is 24.7 Å². The third-order valence-electron chi connectivity index (χ3n) is 4.17. The van der Waals surface area contributed by atoms with E-state index in [0.717, 1.165) is 43.6 Å². The van der Waals surface area contributed by atoms with Gasteiger partial charge in [-0.1, -0.05) is 47.3 Å². The molecule has 0 unspecified atom stereocenters. The molecule has 5 nitrogen and oxygen atoms in total. The summed E-state index contributed by atoms with van der Waals surface area (Å²) in [6.07, 6.45) is 7.01. The van der Waals surface area contributed by atoms with Gasteiger partial charge in [-0.25, -0.2) is 0 Å². The Hall–Kier alpha value is -2.47. The molecule has 0 aliphatic rings. The molecule has 1 N–H and O–H groups in total. The van der Waals surface area contributed by atoms with Crippen molar-refractivity contribution in [1.82, 2.24) is 19.6 Å². The third kappa shape index (κ3) is 4.54. The predicted octanol–water partition coefficient (Wildman–Crippen LogP) is 4.36. The van der Waals surface area contributed by atoms with E-state index in [4.69, 9.17) is 12.2 Å². The Morgan fingerprint density at radius 2 is 1.80 bits per heavy atom. The highest BCUT2D eigenvalue weighted by Crippen LogP contribution is 2.17. The molecule has 0 aliphatic heterocycles. The Morgan fingerprint density at radius 3 is 2.60 bits per heavy atom. The van der Waals surface area contributed by atoms with E-state index >= 15 is 0 Å². The number of unbranched alkanes of at least 4 members (excludes halogenated alkanes) is 2. The Kier molecular flexibility index (Phi) is 5.60. The van der Waals surface area contributed by atoms with Crippen molar-refractivity contribution in [2.45, 2.75) is 39.3 Å². The molecule has 0 amide bonds. The summed E-state index contributed by atoms with van der Waals surface area (Å²) in [6.45, 7) is 3.74. The van der Waals surface area contributed by atoms with E-state index in [-0.39, 0.29) is 5.75 Å². The molecule has 0 radical (unpaired) electrons. The van der Waals surface area contributed by atoms with Gasteiger partial charge in [-0.05, 0) is 38.3 Å². The molecule has 0 saturated heterocycles. The highest BCUT2D eigenvalue weighted by Gasteiger charge is 2.03. The van der Waals surface area contributed by atoms with E-state index < -0.39 is 0 Å². The number of nitrogens with zero attached hydrogens (tertiary/aromatic N) is 4. The zero-order chi connectivity index (χ0) is 17.6. The maximum atomic E-state index is 9.62. The van der Waals surface area contributed by atoms with Crippen LogP contribution in [0.1, 0.15) is 24.8 Å². The van der Waals surface area contributed by atoms with Crippen molar-refractivity contribution >= 4 is 12.2 Å². The number of benzene rings is 1. The Labute approximate surface area is 152 Å². The van der Waals surface area contributed by atoms with Crippen molar-refractivity contribution in [3.05, 3.63) is 59.0 Å². The maximum Gasteiger partial charge on any atom is 0.150 e. The van der Waals surface area contributed by atoms with Crippen LogP contribution in [0.25, 0.3) is 11.3 Å². The molecule has 0 saturated carbocycles. The van der Waals surface area contributed by atoms with Crippen molar-refractivity contribution in [2.75, 3.05) is 0 Å². The van der Waals surface area contributed by atoms with Crippen molar-refractivity contribution in [3.8, 4) is 17.0 Å². The van der Waals surface area contributed by atoms with Gasteiger partial charge in [0.2, 0.25) is 0 Å². The van der Waals surface area contributed by atoms with Crippen LogP contribution in [0.5, 0.6) is 5.75 Å². The summed E-state index contributed by atoms with van der Waals surface area (Å²) in [5.41, 5.74) is 3.24. The molecule has 2 heterocycles. The Bertz CT molecular complexity index is 883. The minimum atomic E-state index is 0.170. The van der Waals surface area contributed by atoms with Gasteiger partial charge in [0.15, 0.2) is 0 Å². The molecule has 0 spiro atoms. The standard InChI is InChI=1S/C19H22N4OS/c1-15-7-9-16(10-8-15)17-14-23(21-20-17)13-4-2-3-11-22-12-5-6-18(24)19(22)25/h5-10,12,14,24H,2-4,11,13H2,1H3. The van der Waals surface area contributed by atoms with E-state index in [9.17, 15) is 5.11 Å². The molecule has 1 aromatic carbocycles. The van der Waals surface area contributed by atoms with Crippen LogP contribution >= 0.6 is 12.2 Å². The van der Waals surface area contributed by atoms with Crippen LogP contribution in [-0.2, 0) is 13.1 Å². The first kappa shape index (κ1) is 17.4. The second-order valence-electron chi connectivity index (χ2n) is 6.19. The average molecular weight is 354 g/mol. The largest absolute Gasteiger partial charge is 0.505 e. The van der Waals surface area contributed by atoms with Gasteiger partial charge in [-0.15, -0.1) is 5.10 Å². The first-order chi connectivity index (χ1) is 12.1. The number of rotatable bonds is 7. The van der Waals surface area contributed by atoms with Crippen LogP contribution in [0.4, 0.5) is 0 Å². The van der Waals surface area contributed by atoms with Crippen LogP contribution < -0.4 is 0 Å². The van der Waals surface area contributed by atoms with Crippen molar-refractivity contribution in [1.29, 1.82) is 0 Å². The molecule has 3 aromatic rings. The number of pyridine rings is 1. The van der Waals surface area contributed by atoms with E-state index in [1.807, 2.05) is 27.7 Å². The highest BCUT2D eigenvalue weighted by molar-refractivity contribution is 7.71. The van der Waals surface area contributed by atoms with Gasteiger partial charge in [0.25, 0.3) is 0 Å². The SMILES string of the molecule is Cc1ccc(-c2cn(CCCCCn3cccc(O)c3=S)nn2)cc1. The molecule has 2 aromatic heterocycles. The van der Waals surface area contributed by atoms with E-state index in [0.29, 0.717) is 4.64 Å². The number of aromatic nitrogens is 4. The zero-order valence-electron chi connectivity index (χ0n) is 14.3. The fourth-order valence-corrected chi connectivity index (χ4v) is 2.92. The average Bonchev–Trinajstić information content (AvgIpc) is 3.08. The lowest BCUT2D eigenvalue weighted by Gasteiger charge is -2.07. The van der Waals surface area contributed by atoms with Gasteiger partial charge in [-0.2, -0.15) is 0 Å². The summed E-state index contributed by atoms with van der Waals surface area (Å²) < 4.78 is 4.31. The molecule has 130 valence electrons. The normalized spacial score (nSPS) is 10.9. The van der Waals surface area contributed by atoms with Crippen molar-refractivity contribution < 1.29 is 5.11 Å². The summed E-state index contributed by atoms with van der Waals surface area (Å²) in [6, 6.07) is 11.7. The fraction of sp³-hybridized carbons (Fsp3) is 0.316. The van der Waals surface area contributed by atoms with Crippen molar-refractivity contribution in [2.24, 2.45) is 0 Å². The van der Waals surface area contributed by atoms with E-state index in [1.54, 1.807) is 6.07 Å². The summed E-state index contributed by atoms with van der Waals surface area (Å²) in [7, 11) is 0. The molecule has 25 heavy (non-hydrogen) atoms. The van der Waals surface area contributed by atoms with Gasteiger partial charge in [-0.3, -0.25) is 4.68 Å². The second kappa shape index (κ2) is 8.07. The van der Waals surface area contributed by atoms with Crippen molar-refractivity contribution in [3.63, 3.8) is 0 Å². The Morgan fingerprint density at radius 1 is 1.04 bits per heavy atom. The summed E-state index contributed by atoms with van der Waals surface area (Å²) in [5.74, 6) is 0.170. The summed E-state index contributed by atoms with van der Waals surface area (Å²) >= 11 is 5.20. The van der Waals surface area contributed by atoms with E-state index in [1.165, 1.54) is 5.56 Å². The molecule has 3 rings (SSSR count). The molecular weight excluding hydrogens is 332 g/mol. The summed E-state index contributed by atoms with van der Waals surface area (Å²) in [5, 5.41) is 18.1. The van der Waals surface area contributed by atoms with Crippen LogP contribution in [0.15, 0.2) is 48.8 Å². The molecular formula is C19H22N4OS. The first-order valence-electron chi connectivity index (χ1n) is 8.49. The number of aryl methyl sites for hydroxylation is 3. The molecule has 0 aliphatic carbocycles. The zero-order valence-corrected chi connectivity index (χ0v) is 15.1. The van der Waals surface area contributed by atoms with Gasteiger partial charge < -0.3 is 9.67 Å². The van der Waals surface area contributed by atoms with Gasteiger partial charge in [0.05, 0.1) is 6.20 Å². The van der Waals surface area contributed by atoms with Crippen LogP contribution in [0.2, 0.25) is 0 Å². The molecule has 6 heteroatoms. The van der Waals surface area contributed by atoms with Crippen LogP contribution in [0, 0.1) is 11.6 Å². The van der Waals surface area contributed by atoms with Crippen LogP contribution in [0.3, 0.4) is 0 Å². The number of hydrogen-bond acceptors (Lipinski definition) is 4. The molecule has 0 atom stereocenters. The topological polar surface area (TPSA) is 55.9 Å². The summed E-state index contributed by atoms with van der Waals surface area (Å²) in [4.78, 5) is 0. The second-order valence-corrected chi connectivity index (χ2v) is 6.57. The molecule has 0 bridgehead atoms. The van der Waals surface area contributed by atoms with E-state index in [2.05, 4.69) is 41.5 Å².